The Morgan fingerprint density at radius 3 is 2.75 bits per heavy atom. The summed E-state index contributed by atoms with van der Waals surface area (Å²) in [6.07, 6.45) is 1.79. The van der Waals surface area contributed by atoms with E-state index in [9.17, 15) is 0 Å². The summed E-state index contributed by atoms with van der Waals surface area (Å²) in [5.74, 6) is 1.39. The quantitative estimate of drug-likeness (QED) is 0.836. The zero-order valence-corrected chi connectivity index (χ0v) is 9.40. The summed E-state index contributed by atoms with van der Waals surface area (Å²) in [5.41, 5.74) is 8.90. The number of nitrogens with zero attached hydrogens (tertiary/aromatic N) is 1. The highest BCUT2D eigenvalue weighted by molar-refractivity contribution is 5.68. The topological polar surface area (TPSA) is 48.1 Å². The van der Waals surface area contributed by atoms with E-state index in [0.29, 0.717) is 5.82 Å². The molecule has 3 heteroatoms. The molecule has 0 saturated heterocycles. The number of hydrogen-bond donors (Lipinski definition) is 1. The zero-order chi connectivity index (χ0) is 11.5. The molecule has 82 valence electrons. The SMILES string of the molecule is COc1cccc(-c2cnc(N)cc2C)c1. The molecule has 0 bridgehead atoms. The van der Waals surface area contributed by atoms with Gasteiger partial charge < -0.3 is 10.5 Å². The third-order valence-corrected chi connectivity index (χ3v) is 2.51. The van der Waals surface area contributed by atoms with Crippen LogP contribution in [0.15, 0.2) is 36.5 Å². The first-order chi connectivity index (χ1) is 7.70. The summed E-state index contributed by atoms with van der Waals surface area (Å²) in [4.78, 5) is 4.11. The second kappa shape index (κ2) is 4.23. The van der Waals surface area contributed by atoms with E-state index in [1.54, 1.807) is 13.3 Å². The van der Waals surface area contributed by atoms with Gasteiger partial charge in [0.15, 0.2) is 0 Å². The molecule has 0 radical (unpaired) electrons. The van der Waals surface area contributed by atoms with Gasteiger partial charge in [-0.05, 0) is 36.2 Å². The van der Waals surface area contributed by atoms with Crippen LogP contribution < -0.4 is 10.5 Å². The van der Waals surface area contributed by atoms with Gasteiger partial charge in [0.25, 0.3) is 0 Å². The van der Waals surface area contributed by atoms with Crippen molar-refractivity contribution in [1.29, 1.82) is 0 Å². The van der Waals surface area contributed by atoms with Crippen LogP contribution in [0.25, 0.3) is 11.1 Å². The Morgan fingerprint density at radius 2 is 2.06 bits per heavy atom. The van der Waals surface area contributed by atoms with Gasteiger partial charge in [-0.3, -0.25) is 0 Å². The molecule has 0 aliphatic rings. The lowest BCUT2D eigenvalue weighted by Crippen LogP contribution is -1.93. The van der Waals surface area contributed by atoms with E-state index in [1.165, 1.54) is 0 Å². The highest BCUT2D eigenvalue weighted by Gasteiger charge is 2.03. The van der Waals surface area contributed by atoms with Crippen molar-refractivity contribution < 1.29 is 4.74 Å². The minimum atomic E-state index is 0.546. The lowest BCUT2D eigenvalue weighted by molar-refractivity contribution is 0.415. The normalized spacial score (nSPS) is 10.1. The van der Waals surface area contributed by atoms with E-state index < -0.39 is 0 Å². The van der Waals surface area contributed by atoms with Gasteiger partial charge in [0.2, 0.25) is 0 Å². The van der Waals surface area contributed by atoms with Crippen molar-refractivity contribution in [1.82, 2.24) is 4.98 Å². The predicted octanol–water partition coefficient (Wildman–Crippen LogP) is 2.65. The molecule has 0 aliphatic carbocycles. The maximum Gasteiger partial charge on any atom is 0.123 e. The van der Waals surface area contributed by atoms with E-state index >= 15 is 0 Å². The fraction of sp³-hybridized carbons (Fsp3) is 0.154. The van der Waals surface area contributed by atoms with Crippen LogP contribution in [0.1, 0.15) is 5.56 Å². The fourth-order valence-electron chi connectivity index (χ4n) is 1.67. The average Bonchev–Trinajstić information content (AvgIpc) is 2.29. The average molecular weight is 214 g/mol. The number of nitrogen functional groups attached to an aromatic ring is 1. The monoisotopic (exact) mass is 214 g/mol. The first kappa shape index (κ1) is 10.5. The smallest absolute Gasteiger partial charge is 0.123 e. The standard InChI is InChI=1S/C13H14N2O/c1-9-6-13(14)15-8-12(9)10-4-3-5-11(7-10)16-2/h3-8H,1-2H3,(H2,14,15). The lowest BCUT2D eigenvalue weighted by Gasteiger charge is -2.07. The summed E-state index contributed by atoms with van der Waals surface area (Å²) in [7, 11) is 1.66. The van der Waals surface area contributed by atoms with Crippen LogP contribution in [0, 0.1) is 6.92 Å². The van der Waals surface area contributed by atoms with Crippen LogP contribution in [0.4, 0.5) is 5.82 Å². The van der Waals surface area contributed by atoms with Crippen molar-refractivity contribution in [2.75, 3.05) is 12.8 Å². The second-order valence-electron chi connectivity index (χ2n) is 3.66. The Hall–Kier alpha value is -2.03. The van der Waals surface area contributed by atoms with Gasteiger partial charge in [0, 0.05) is 11.8 Å². The molecule has 2 N–H and O–H groups in total. The summed E-state index contributed by atoms with van der Waals surface area (Å²) in [5, 5.41) is 0. The minimum Gasteiger partial charge on any atom is -0.497 e. The van der Waals surface area contributed by atoms with Crippen LogP contribution in [0.5, 0.6) is 5.75 Å². The number of nitrogens with two attached hydrogens (primary N) is 1. The molecule has 3 nitrogen and oxygen atoms in total. The Kier molecular flexibility index (Phi) is 2.77. The number of benzene rings is 1. The van der Waals surface area contributed by atoms with Gasteiger partial charge in [-0.2, -0.15) is 0 Å². The molecular formula is C13H14N2O. The third-order valence-electron chi connectivity index (χ3n) is 2.51. The maximum absolute atomic E-state index is 5.63. The molecule has 0 aliphatic heterocycles. The van der Waals surface area contributed by atoms with Gasteiger partial charge in [-0.25, -0.2) is 4.98 Å². The number of aromatic nitrogens is 1. The van der Waals surface area contributed by atoms with Crippen molar-refractivity contribution in [3.8, 4) is 16.9 Å². The number of pyridine rings is 1. The largest absolute Gasteiger partial charge is 0.497 e. The highest BCUT2D eigenvalue weighted by Crippen LogP contribution is 2.26. The predicted molar refractivity (Wildman–Crippen MR) is 65.4 cm³/mol. The number of anilines is 1. The van der Waals surface area contributed by atoms with Crippen LogP contribution in [-0.2, 0) is 0 Å². The van der Waals surface area contributed by atoms with Crippen LogP contribution in [-0.4, -0.2) is 12.1 Å². The first-order valence-electron chi connectivity index (χ1n) is 5.07. The number of hydrogen-bond acceptors (Lipinski definition) is 3. The maximum atomic E-state index is 5.63. The molecule has 16 heavy (non-hydrogen) atoms. The van der Waals surface area contributed by atoms with E-state index in [2.05, 4.69) is 4.98 Å². The summed E-state index contributed by atoms with van der Waals surface area (Å²) in [6.45, 7) is 2.02. The van der Waals surface area contributed by atoms with E-state index in [0.717, 1.165) is 22.4 Å². The Balaban J connectivity index is 2.49. The molecule has 2 aromatic rings. The molecule has 0 fully saturated rings. The fourth-order valence-corrected chi connectivity index (χ4v) is 1.67. The molecular weight excluding hydrogens is 200 g/mol. The van der Waals surface area contributed by atoms with Crippen molar-refractivity contribution in [3.05, 3.63) is 42.1 Å². The van der Waals surface area contributed by atoms with E-state index in [-0.39, 0.29) is 0 Å². The second-order valence-corrected chi connectivity index (χ2v) is 3.66. The van der Waals surface area contributed by atoms with Gasteiger partial charge in [0.1, 0.15) is 11.6 Å². The number of methoxy groups -OCH3 is 1. The van der Waals surface area contributed by atoms with Crippen molar-refractivity contribution >= 4 is 5.82 Å². The van der Waals surface area contributed by atoms with Gasteiger partial charge >= 0.3 is 0 Å². The molecule has 0 saturated carbocycles. The Labute approximate surface area is 94.9 Å². The summed E-state index contributed by atoms with van der Waals surface area (Å²) in [6, 6.07) is 9.77. The van der Waals surface area contributed by atoms with Crippen LogP contribution in [0.3, 0.4) is 0 Å². The van der Waals surface area contributed by atoms with Gasteiger partial charge in [-0.1, -0.05) is 12.1 Å². The summed E-state index contributed by atoms with van der Waals surface area (Å²) < 4.78 is 5.19. The van der Waals surface area contributed by atoms with Gasteiger partial charge in [0.05, 0.1) is 7.11 Å². The van der Waals surface area contributed by atoms with Crippen LogP contribution in [0.2, 0.25) is 0 Å². The molecule has 0 spiro atoms. The van der Waals surface area contributed by atoms with Crippen molar-refractivity contribution in [3.63, 3.8) is 0 Å². The highest BCUT2D eigenvalue weighted by atomic mass is 16.5. The van der Waals surface area contributed by atoms with E-state index in [4.69, 9.17) is 10.5 Å². The van der Waals surface area contributed by atoms with Crippen molar-refractivity contribution in [2.45, 2.75) is 6.92 Å². The Morgan fingerprint density at radius 1 is 1.25 bits per heavy atom. The molecule has 0 atom stereocenters. The molecule has 1 aromatic carbocycles. The Bertz CT molecular complexity index is 509. The molecule has 1 heterocycles. The van der Waals surface area contributed by atoms with E-state index in [1.807, 2.05) is 37.3 Å². The van der Waals surface area contributed by atoms with Crippen molar-refractivity contribution in [2.24, 2.45) is 0 Å². The lowest BCUT2D eigenvalue weighted by atomic mass is 10.0. The number of rotatable bonds is 2. The molecule has 2 rings (SSSR count). The zero-order valence-electron chi connectivity index (χ0n) is 9.40. The number of ether oxygens (including phenoxy) is 1. The summed E-state index contributed by atoms with van der Waals surface area (Å²) >= 11 is 0. The number of aryl methyl sites for hydroxylation is 1. The third kappa shape index (κ3) is 1.98. The van der Waals surface area contributed by atoms with Crippen LogP contribution >= 0.6 is 0 Å². The first-order valence-corrected chi connectivity index (χ1v) is 5.07. The molecule has 0 unspecified atom stereocenters. The molecule has 1 aromatic heterocycles. The molecule has 0 amide bonds. The van der Waals surface area contributed by atoms with Gasteiger partial charge in [-0.15, -0.1) is 0 Å². The minimum absolute atomic E-state index is 0.546.